The average molecular weight is 505 g/mol. The summed E-state index contributed by atoms with van der Waals surface area (Å²) in [6, 6.07) is 14.2. The highest BCUT2D eigenvalue weighted by Crippen LogP contribution is 2.40. The van der Waals surface area contributed by atoms with Gasteiger partial charge in [0.1, 0.15) is 18.1 Å². The fourth-order valence-corrected chi connectivity index (χ4v) is 4.83. The molecular weight excluding hydrogens is 468 g/mol. The van der Waals surface area contributed by atoms with Crippen molar-refractivity contribution in [3.63, 3.8) is 0 Å². The number of hydrogen-bond donors (Lipinski definition) is 1. The van der Waals surface area contributed by atoms with Crippen molar-refractivity contribution in [1.29, 1.82) is 0 Å². The van der Waals surface area contributed by atoms with Crippen LogP contribution in [-0.2, 0) is 14.3 Å². The number of carbonyl (C=O) groups is 2. The van der Waals surface area contributed by atoms with Crippen LogP contribution < -0.4 is 4.74 Å². The van der Waals surface area contributed by atoms with E-state index in [1.807, 2.05) is 24.3 Å². The lowest BCUT2D eigenvalue weighted by atomic mass is 9.93. The Morgan fingerprint density at radius 1 is 1.08 bits per heavy atom. The fourth-order valence-electron chi connectivity index (χ4n) is 4.83. The molecule has 7 heteroatoms. The molecule has 37 heavy (non-hydrogen) atoms. The quantitative estimate of drug-likeness (QED) is 0.222. The van der Waals surface area contributed by atoms with Crippen molar-refractivity contribution in [3.05, 3.63) is 83.4 Å². The van der Waals surface area contributed by atoms with E-state index < -0.39 is 17.7 Å². The van der Waals surface area contributed by atoms with Gasteiger partial charge >= 0.3 is 0 Å². The second-order valence-corrected chi connectivity index (χ2v) is 9.75. The number of rotatable bonds is 10. The molecule has 2 aliphatic rings. The second-order valence-electron chi connectivity index (χ2n) is 9.75. The van der Waals surface area contributed by atoms with E-state index in [0.717, 1.165) is 31.6 Å². The highest BCUT2D eigenvalue weighted by atomic mass is 16.5. The summed E-state index contributed by atoms with van der Waals surface area (Å²) in [6.07, 6.45) is 2.38. The van der Waals surface area contributed by atoms with Crippen LogP contribution in [0, 0.1) is 0 Å². The van der Waals surface area contributed by atoms with E-state index in [9.17, 15) is 14.7 Å². The van der Waals surface area contributed by atoms with Crippen molar-refractivity contribution in [3.8, 4) is 5.75 Å². The third-order valence-corrected chi connectivity index (χ3v) is 6.93. The first-order valence-electron chi connectivity index (χ1n) is 12.9. The Morgan fingerprint density at radius 2 is 1.76 bits per heavy atom. The number of amides is 1. The number of hydrogen-bond acceptors (Lipinski definition) is 6. The predicted molar refractivity (Wildman–Crippen MR) is 144 cm³/mol. The first kappa shape index (κ1) is 26.6. The predicted octanol–water partition coefficient (Wildman–Crippen LogP) is 4.52. The number of ether oxygens (including phenoxy) is 2. The topological polar surface area (TPSA) is 79.3 Å². The van der Waals surface area contributed by atoms with Crippen molar-refractivity contribution >= 4 is 17.4 Å². The molecule has 1 atom stereocenters. The summed E-state index contributed by atoms with van der Waals surface area (Å²) in [5, 5.41) is 11.3. The summed E-state index contributed by atoms with van der Waals surface area (Å²) < 4.78 is 11.0. The first-order valence-corrected chi connectivity index (χ1v) is 12.9. The van der Waals surface area contributed by atoms with Crippen LogP contribution in [0.1, 0.15) is 48.9 Å². The molecule has 7 nitrogen and oxygen atoms in total. The molecule has 1 N–H and O–H groups in total. The van der Waals surface area contributed by atoms with Crippen LogP contribution in [0.3, 0.4) is 0 Å². The van der Waals surface area contributed by atoms with Gasteiger partial charge in [0, 0.05) is 31.7 Å². The van der Waals surface area contributed by atoms with Crippen LogP contribution >= 0.6 is 0 Å². The Hall–Kier alpha value is -3.42. The van der Waals surface area contributed by atoms with Crippen LogP contribution in [0.4, 0.5) is 0 Å². The van der Waals surface area contributed by atoms with Crippen LogP contribution in [0.25, 0.3) is 5.76 Å². The Morgan fingerprint density at radius 3 is 2.38 bits per heavy atom. The van der Waals surface area contributed by atoms with Crippen molar-refractivity contribution < 1.29 is 24.2 Å². The lowest BCUT2D eigenvalue weighted by Gasteiger charge is -2.29. The van der Waals surface area contributed by atoms with Gasteiger partial charge in [0.25, 0.3) is 11.7 Å². The van der Waals surface area contributed by atoms with Gasteiger partial charge in [0.2, 0.25) is 0 Å². The zero-order valence-corrected chi connectivity index (χ0v) is 21.7. The van der Waals surface area contributed by atoms with Gasteiger partial charge in [0.15, 0.2) is 0 Å². The Balaban J connectivity index is 1.65. The van der Waals surface area contributed by atoms with Gasteiger partial charge in [-0.1, -0.05) is 50.8 Å². The molecule has 0 bridgehead atoms. The molecule has 0 radical (unpaired) electrons. The van der Waals surface area contributed by atoms with Crippen LogP contribution in [0.2, 0.25) is 0 Å². The minimum atomic E-state index is -0.659. The molecule has 0 saturated carbocycles. The normalized spacial score (nSPS) is 20.0. The molecule has 2 aliphatic heterocycles. The molecule has 0 aliphatic carbocycles. The number of Topliss-reactive ketones (excluding diaryl/α,β-unsaturated/α-hetero) is 1. The minimum Gasteiger partial charge on any atom is -0.507 e. The summed E-state index contributed by atoms with van der Waals surface area (Å²) >= 11 is 0. The second kappa shape index (κ2) is 12.2. The summed E-state index contributed by atoms with van der Waals surface area (Å²) in [7, 11) is 0. The molecular formula is C30H36N2O5. The van der Waals surface area contributed by atoms with Crippen molar-refractivity contribution in [2.75, 3.05) is 46.0 Å². The third kappa shape index (κ3) is 6.12. The maximum absolute atomic E-state index is 13.3. The van der Waals surface area contributed by atoms with Crippen LogP contribution in [0.15, 0.2) is 66.8 Å². The molecule has 0 spiro atoms. The molecule has 0 aromatic heterocycles. The molecule has 2 fully saturated rings. The van der Waals surface area contributed by atoms with E-state index in [4.69, 9.17) is 9.47 Å². The molecule has 2 aromatic rings. The van der Waals surface area contributed by atoms with Crippen molar-refractivity contribution in [1.82, 2.24) is 9.80 Å². The van der Waals surface area contributed by atoms with Crippen molar-refractivity contribution in [2.24, 2.45) is 0 Å². The summed E-state index contributed by atoms with van der Waals surface area (Å²) in [5.41, 5.74) is 2.56. The number of morpholine rings is 1. The highest BCUT2D eigenvalue weighted by Gasteiger charge is 2.45. The fraction of sp³-hybridized carbons (Fsp3) is 0.400. The van der Waals surface area contributed by atoms with Gasteiger partial charge < -0.3 is 19.5 Å². The standard InChI is InChI=1S/C30H36N2O5/c1-4-18-37-25-12-10-24(11-13-25)28(33)26-27(23-8-6-22(7-9-23)21(2)3)32(30(35)29(26)34)15-5-14-31-16-19-36-20-17-31/h4,6-13,21,27,33H,1,5,14-20H2,2-3H3/t27-/m0/s1. The zero-order chi connectivity index (χ0) is 26.4. The minimum absolute atomic E-state index is 0.119. The van der Waals surface area contributed by atoms with Gasteiger partial charge in [-0.05, 0) is 47.7 Å². The number of ketones is 1. The summed E-state index contributed by atoms with van der Waals surface area (Å²) in [5.74, 6) is -0.431. The van der Waals surface area contributed by atoms with Gasteiger partial charge in [-0.2, -0.15) is 0 Å². The maximum Gasteiger partial charge on any atom is 0.295 e. The number of benzene rings is 2. The lowest BCUT2D eigenvalue weighted by molar-refractivity contribution is -0.140. The number of aliphatic hydroxyl groups excluding tert-OH is 1. The SMILES string of the molecule is C=CCOc1ccc(C(O)=C2C(=O)C(=O)N(CCCN3CCOCC3)[C@H]2c2ccc(C(C)C)cc2)cc1. The molecule has 4 rings (SSSR count). The molecule has 2 aromatic carbocycles. The van der Waals surface area contributed by atoms with E-state index in [0.29, 0.717) is 43.6 Å². The van der Waals surface area contributed by atoms with E-state index in [-0.39, 0.29) is 11.3 Å². The zero-order valence-electron chi connectivity index (χ0n) is 21.7. The lowest BCUT2D eigenvalue weighted by Crippen LogP contribution is -2.38. The van der Waals surface area contributed by atoms with E-state index in [1.165, 1.54) is 5.56 Å². The monoisotopic (exact) mass is 504 g/mol. The number of likely N-dealkylation sites (tertiary alicyclic amines) is 1. The van der Waals surface area contributed by atoms with Gasteiger partial charge in [-0.3, -0.25) is 14.5 Å². The Labute approximate surface area is 219 Å². The highest BCUT2D eigenvalue weighted by molar-refractivity contribution is 6.46. The Bertz CT molecular complexity index is 1130. The average Bonchev–Trinajstić information content (AvgIpc) is 3.17. The molecule has 0 unspecified atom stereocenters. The van der Waals surface area contributed by atoms with E-state index >= 15 is 0 Å². The summed E-state index contributed by atoms with van der Waals surface area (Å²) in [4.78, 5) is 30.4. The van der Waals surface area contributed by atoms with E-state index in [2.05, 4.69) is 25.3 Å². The van der Waals surface area contributed by atoms with Crippen LogP contribution in [0.5, 0.6) is 5.75 Å². The molecule has 1 amide bonds. The van der Waals surface area contributed by atoms with Gasteiger partial charge in [0.05, 0.1) is 24.8 Å². The third-order valence-electron chi connectivity index (χ3n) is 6.93. The maximum atomic E-state index is 13.3. The molecule has 2 heterocycles. The van der Waals surface area contributed by atoms with Crippen LogP contribution in [-0.4, -0.2) is 72.6 Å². The number of aliphatic hydroxyl groups is 1. The Kier molecular flexibility index (Phi) is 8.79. The first-order chi connectivity index (χ1) is 17.9. The van der Waals surface area contributed by atoms with Gasteiger partial charge in [-0.25, -0.2) is 0 Å². The largest absolute Gasteiger partial charge is 0.507 e. The van der Waals surface area contributed by atoms with Crippen molar-refractivity contribution in [2.45, 2.75) is 32.2 Å². The molecule has 2 saturated heterocycles. The number of carbonyl (C=O) groups excluding carboxylic acids is 2. The number of nitrogens with zero attached hydrogens (tertiary/aromatic N) is 2. The molecule has 196 valence electrons. The van der Waals surface area contributed by atoms with E-state index in [1.54, 1.807) is 35.2 Å². The smallest absolute Gasteiger partial charge is 0.295 e. The summed E-state index contributed by atoms with van der Waals surface area (Å²) in [6.45, 7) is 12.6. The van der Waals surface area contributed by atoms with Gasteiger partial charge in [-0.15, -0.1) is 0 Å².